The van der Waals surface area contributed by atoms with E-state index < -0.39 is 6.16 Å². The highest BCUT2D eigenvalue weighted by molar-refractivity contribution is 5.60. The summed E-state index contributed by atoms with van der Waals surface area (Å²) in [7, 11) is 0. The van der Waals surface area contributed by atoms with E-state index in [9.17, 15) is 4.79 Å². The highest BCUT2D eigenvalue weighted by Crippen LogP contribution is 2.07. The van der Waals surface area contributed by atoms with Gasteiger partial charge < -0.3 is 9.47 Å². The minimum absolute atomic E-state index is 0.249. The van der Waals surface area contributed by atoms with Gasteiger partial charge in [-0.1, -0.05) is 6.58 Å². The van der Waals surface area contributed by atoms with Crippen LogP contribution in [0, 0.1) is 0 Å². The smallest absolute Gasteiger partial charge is 0.435 e. The molecule has 1 fully saturated rings. The summed E-state index contributed by atoms with van der Waals surface area (Å²) >= 11 is 0. The molecule has 1 heterocycles. The van der Waals surface area contributed by atoms with Gasteiger partial charge in [0.15, 0.2) is 0 Å². The largest absolute Gasteiger partial charge is 0.508 e. The minimum atomic E-state index is -0.616. The highest BCUT2D eigenvalue weighted by Gasteiger charge is 2.22. The molecule has 0 radical (unpaired) electrons. The number of nitrogens with zero attached hydrogens (tertiary/aromatic N) is 1. The lowest BCUT2D eigenvalue weighted by Gasteiger charge is -2.13. The van der Waals surface area contributed by atoms with Crippen LogP contribution < -0.4 is 0 Å². The molecule has 0 spiro atoms. The van der Waals surface area contributed by atoms with E-state index in [4.69, 9.17) is 4.74 Å². The zero-order valence-corrected chi connectivity index (χ0v) is 7.86. The second-order valence-electron chi connectivity index (χ2n) is 2.88. The molecule has 0 aliphatic carbocycles. The second kappa shape index (κ2) is 4.87. The standard InChI is InChI=1S/C9H15NO3/c1-3-8(7-10-5-6-10)13-9(11)12-4-2/h3,8H,1,4-7H2,2H3. The van der Waals surface area contributed by atoms with Crippen molar-refractivity contribution in [2.75, 3.05) is 26.2 Å². The van der Waals surface area contributed by atoms with Crippen molar-refractivity contribution in [3.63, 3.8) is 0 Å². The lowest BCUT2D eigenvalue weighted by molar-refractivity contribution is 0.0370. The summed E-state index contributed by atoms with van der Waals surface area (Å²) in [6.07, 6.45) is 0.755. The Morgan fingerprint density at radius 1 is 1.69 bits per heavy atom. The lowest BCUT2D eigenvalue weighted by atomic mass is 10.3. The first-order valence-corrected chi connectivity index (χ1v) is 4.44. The summed E-state index contributed by atoms with van der Waals surface area (Å²) < 4.78 is 9.62. The molecule has 0 aromatic rings. The summed E-state index contributed by atoms with van der Waals surface area (Å²) in [4.78, 5) is 13.1. The van der Waals surface area contributed by atoms with Crippen molar-refractivity contribution in [3.05, 3.63) is 12.7 Å². The number of rotatable bonds is 5. The first-order valence-electron chi connectivity index (χ1n) is 4.44. The molecule has 1 saturated heterocycles. The summed E-state index contributed by atoms with van der Waals surface area (Å²) in [5.74, 6) is 0. The number of hydrogen-bond donors (Lipinski definition) is 0. The molecule has 1 aliphatic rings. The molecule has 13 heavy (non-hydrogen) atoms. The van der Waals surface area contributed by atoms with E-state index in [0.717, 1.165) is 19.6 Å². The molecule has 1 rings (SSSR count). The first kappa shape index (κ1) is 10.1. The maximum Gasteiger partial charge on any atom is 0.508 e. The van der Waals surface area contributed by atoms with E-state index in [2.05, 4.69) is 16.2 Å². The fourth-order valence-corrected chi connectivity index (χ4v) is 0.943. The van der Waals surface area contributed by atoms with Crippen molar-refractivity contribution in [2.24, 2.45) is 0 Å². The number of carbonyl (C=O) groups is 1. The van der Waals surface area contributed by atoms with Gasteiger partial charge in [0, 0.05) is 19.6 Å². The van der Waals surface area contributed by atoms with Crippen LogP contribution in [0.4, 0.5) is 4.79 Å². The molecule has 0 bridgehead atoms. The van der Waals surface area contributed by atoms with Gasteiger partial charge in [-0.15, -0.1) is 0 Å². The van der Waals surface area contributed by atoms with Crippen LogP contribution in [0.25, 0.3) is 0 Å². The van der Waals surface area contributed by atoms with E-state index >= 15 is 0 Å². The van der Waals surface area contributed by atoms with Crippen LogP contribution in [0.1, 0.15) is 6.92 Å². The van der Waals surface area contributed by atoms with Crippen LogP contribution in [0.3, 0.4) is 0 Å². The van der Waals surface area contributed by atoms with Gasteiger partial charge in [0.05, 0.1) is 6.61 Å². The summed E-state index contributed by atoms with van der Waals surface area (Å²) in [6.45, 7) is 8.56. The maximum atomic E-state index is 10.9. The van der Waals surface area contributed by atoms with Crippen LogP contribution >= 0.6 is 0 Å². The highest BCUT2D eigenvalue weighted by atomic mass is 16.7. The Balaban J connectivity index is 2.20. The van der Waals surface area contributed by atoms with Crippen molar-refractivity contribution >= 4 is 6.16 Å². The Morgan fingerprint density at radius 2 is 2.38 bits per heavy atom. The van der Waals surface area contributed by atoms with Crippen molar-refractivity contribution < 1.29 is 14.3 Å². The van der Waals surface area contributed by atoms with Crippen LogP contribution in [-0.2, 0) is 9.47 Å². The van der Waals surface area contributed by atoms with E-state index in [1.165, 1.54) is 0 Å². The van der Waals surface area contributed by atoms with Crippen LogP contribution in [0.5, 0.6) is 0 Å². The minimum Gasteiger partial charge on any atom is -0.435 e. The Labute approximate surface area is 78.1 Å². The third kappa shape index (κ3) is 3.94. The van der Waals surface area contributed by atoms with Gasteiger partial charge in [0.2, 0.25) is 0 Å². The molecule has 74 valence electrons. The van der Waals surface area contributed by atoms with Gasteiger partial charge in [-0.3, -0.25) is 4.90 Å². The van der Waals surface area contributed by atoms with Gasteiger partial charge >= 0.3 is 6.16 Å². The van der Waals surface area contributed by atoms with E-state index in [-0.39, 0.29) is 6.10 Å². The van der Waals surface area contributed by atoms with Crippen LogP contribution in [0.15, 0.2) is 12.7 Å². The Bertz CT molecular complexity index is 189. The molecule has 1 unspecified atom stereocenters. The predicted molar refractivity (Wildman–Crippen MR) is 48.5 cm³/mol. The van der Waals surface area contributed by atoms with Crippen molar-refractivity contribution in [1.82, 2.24) is 4.90 Å². The normalized spacial score (nSPS) is 17.6. The van der Waals surface area contributed by atoms with E-state index in [1.807, 2.05) is 0 Å². The molecule has 1 atom stereocenters. The topological polar surface area (TPSA) is 38.5 Å². The predicted octanol–water partition coefficient (Wildman–Crippen LogP) is 1.03. The molecule has 1 aliphatic heterocycles. The van der Waals surface area contributed by atoms with Gasteiger partial charge in [-0.25, -0.2) is 4.79 Å². The summed E-state index contributed by atoms with van der Waals surface area (Å²) in [6, 6.07) is 0. The number of carbonyl (C=O) groups excluding carboxylic acids is 1. The number of hydrogen-bond acceptors (Lipinski definition) is 4. The van der Waals surface area contributed by atoms with Gasteiger partial charge in [0.25, 0.3) is 0 Å². The first-order chi connectivity index (χ1) is 6.26. The fraction of sp³-hybridized carbons (Fsp3) is 0.667. The molecule has 0 aromatic carbocycles. The molecule has 0 aromatic heterocycles. The third-order valence-corrected chi connectivity index (χ3v) is 1.75. The van der Waals surface area contributed by atoms with Crippen molar-refractivity contribution in [1.29, 1.82) is 0 Å². The summed E-state index contributed by atoms with van der Waals surface area (Å²) in [5, 5.41) is 0. The molecule has 0 amide bonds. The Hall–Kier alpha value is -1.03. The Morgan fingerprint density at radius 3 is 2.85 bits per heavy atom. The summed E-state index contributed by atoms with van der Waals surface area (Å²) in [5.41, 5.74) is 0. The zero-order valence-electron chi connectivity index (χ0n) is 7.86. The van der Waals surface area contributed by atoms with E-state index in [0.29, 0.717) is 6.61 Å². The third-order valence-electron chi connectivity index (χ3n) is 1.75. The van der Waals surface area contributed by atoms with Crippen molar-refractivity contribution in [3.8, 4) is 0 Å². The van der Waals surface area contributed by atoms with Gasteiger partial charge in [-0.2, -0.15) is 0 Å². The van der Waals surface area contributed by atoms with Gasteiger partial charge in [0.1, 0.15) is 6.10 Å². The average molecular weight is 185 g/mol. The monoisotopic (exact) mass is 185 g/mol. The molecule has 0 N–H and O–H groups in total. The number of ether oxygens (including phenoxy) is 2. The fourth-order valence-electron chi connectivity index (χ4n) is 0.943. The lowest BCUT2D eigenvalue weighted by Crippen LogP contribution is -2.24. The van der Waals surface area contributed by atoms with Crippen LogP contribution in [-0.4, -0.2) is 43.4 Å². The Kier molecular flexibility index (Phi) is 3.76. The second-order valence-corrected chi connectivity index (χ2v) is 2.88. The maximum absolute atomic E-state index is 10.9. The van der Waals surface area contributed by atoms with Gasteiger partial charge in [-0.05, 0) is 13.0 Å². The molecular formula is C9H15NO3. The van der Waals surface area contributed by atoms with E-state index in [1.54, 1.807) is 13.0 Å². The molecular weight excluding hydrogens is 170 g/mol. The molecule has 0 saturated carbocycles. The zero-order chi connectivity index (χ0) is 9.68. The average Bonchev–Trinajstić information content (AvgIpc) is 2.87. The van der Waals surface area contributed by atoms with Crippen LogP contribution in [0.2, 0.25) is 0 Å². The molecule has 4 heteroatoms. The van der Waals surface area contributed by atoms with Crippen molar-refractivity contribution in [2.45, 2.75) is 13.0 Å². The molecule has 4 nitrogen and oxygen atoms in total. The quantitative estimate of drug-likeness (QED) is 0.364. The SMILES string of the molecule is C=CC(CN1CC1)OC(=O)OCC.